The summed E-state index contributed by atoms with van der Waals surface area (Å²) in [6, 6.07) is 10.2. The first-order chi connectivity index (χ1) is 10.4. The number of nitrogens with zero attached hydrogens (tertiary/aromatic N) is 2. The molecule has 22 heavy (non-hydrogen) atoms. The Morgan fingerprint density at radius 3 is 2.14 bits per heavy atom. The van der Waals surface area contributed by atoms with Gasteiger partial charge in [-0.25, -0.2) is 8.78 Å². The molecule has 2 rings (SSSR count). The molecule has 0 atom stereocenters. The van der Waals surface area contributed by atoms with E-state index in [4.69, 9.17) is 16.2 Å². The van der Waals surface area contributed by atoms with E-state index in [0.29, 0.717) is 11.1 Å². The van der Waals surface area contributed by atoms with Gasteiger partial charge in [0, 0.05) is 5.56 Å². The van der Waals surface area contributed by atoms with Crippen molar-refractivity contribution in [3.8, 4) is 6.07 Å². The van der Waals surface area contributed by atoms with Crippen LogP contribution in [0.25, 0.3) is 0 Å². The summed E-state index contributed by atoms with van der Waals surface area (Å²) < 4.78 is 25.0. The minimum absolute atomic E-state index is 0.0769. The molecule has 6 heteroatoms. The zero-order valence-corrected chi connectivity index (χ0v) is 12.1. The third kappa shape index (κ3) is 4.56. The van der Waals surface area contributed by atoms with Gasteiger partial charge in [-0.1, -0.05) is 17.3 Å². The van der Waals surface area contributed by atoms with Crippen molar-refractivity contribution in [3.05, 3.63) is 70.3 Å². The molecule has 0 radical (unpaired) electrons. The minimum Gasteiger partial charge on any atom is -0.409 e. The van der Waals surface area contributed by atoms with Crippen LogP contribution in [0.4, 0.5) is 8.78 Å². The largest absolute Gasteiger partial charge is 0.409 e. The lowest BCUT2D eigenvalue weighted by Crippen LogP contribution is -2.14. The van der Waals surface area contributed by atoms with Crippen molar-refractivity contribution in [2.75, 3.05) is 0 Å². The van der Waals surface area contributed by atoms with E-state index in [1.807, 2.05) is 6.07 Å². The van der Waals surface area contributed by atoms with Crippen LogP contribution in [0, 0.1) is 36.8 Å². The molecule has 2 aromatic carbocycles. The maximum atomic E-state index is 12.7. The SMILES string of the molecule is Cc1ccc(F)cc1C#N.Cc1ccc(F)cc1C(N)=NO. The Morgan fingerprint density at radius 1 is 1.09 bits per heavy atom. The van der Waals surface area contributed by atoms with Crippen molar-refractivity contribution in [1.82, 2.24) is 0 Å². The summed E-state index contributed by atoms with van der Waals surface area (Å²) in [5.74, 6) is -0.837. The van der Waals surface area contributed by atoms with Gasteiger partial charge in [-0.3, -0.25) is 0 Å². The Hall–Kier alpha value is -2.94. The van der Waals surface area contributed by atoms with Crippen LogP contribution in [0.1, 0.15) is 22.3 Å². The van der Waals surface area contributed by atoms with Crippen molar-refractivity contribution in [2.45, 2.75) is 13.8 Å². The van der Waals surface area contributed by atoms with Crippen LogP contribution in [0.5, 0.6) is 0 Å². The van der Waals surface area contributed by atoms with Crippen LogP contribution < -0.4 is 5.73 Å². The van der Waals surface area contributed by atoms with Crippen LogP contribution in [-0.4, -0.2) is 11.0 Å². The van der Waals surface area contributed by atoms with E-state index >= 15 is 0 Å². The van der Waals surface area contributed by atoms with Crippen LogP contribution in [-0.2, 0) is 0 Å². The molecule has 0 aliphatic heterocycles. The molecule has 2 aromatic rings. The molecule has 0 saturated heterocycles. The van der Waals surface area contributed by atoms with E-state index in [1.54, 1.807) is 26.0 Å². The molecule has 114 valence electrons. The van der Waals surface area contributed by atoms with E-state index < -0.39 is 5.82 Å². The fourth-order valence-electron chi connectivity index (χ4n) is 1.64. The molecule has 0 aromatic heterocycles. The first-order valence-electron chi connectivity index (χ1n) is 6.29. The molecular weight excluding hydrogens is 288 g/mol. The number of aryl methyl sites for hydroxylation is 2. The maximum absolute atomic E-state index is 12.7. The molecule has 0 heterocycles. The highest BCUT2D eigenvalue weighted by Gasteiger charge is 2.04. The summed E-state index contributed by atoms with van der Waals surface area (Å²) >= 11 is 0. The molecule has 4 nitrogen and oxygen atoms in total. The Bertz CT molecular complexity index is 737. The van der Waals surface area contributed by atoms with E-state index in [9.17, 15) is 8.78 Å². The monoisotopic (exact) mass is 303 g/mol. The summed E-state index contributed by atoms with van der Waals surface area (Å²) in [6.45, 7) is 3.53. The first kappa shape index (κ1) is 17.1. The lowest BCUT2D eigenvalue weighted by Gasteiger charge is -2.02. The molecule has 0 saturated carbocycles. The smallest absolute Gasteiger partial charge is 0.170 e. The van der Waals surface area contributed by atoms with E-state index in [2.05, 4.69) is 5.16 Å². The second kappa shape index (κ2) is 7.74. The maximum Gasteiger partial charge on any atom is 0.170 e. The van der Waals surface area contributed by atoms with Crippen molar-refractivity contribution in [1.29, 1.82) is 5.26 Å². The normalized spacial score (nSPS) is 10.4. The van der Waals surface area contributed by atoms with E-state index in [-0.39, 0.29) is 11.7 Å². The van der Waals surface area contributed by atoms with Gasteiger partial charge in [0.25, 0.3) is 0 Å². The third-order valence-electron chi connectivity index (χ3n) is 2.90. The second-order valence-corrected chi connectivity index (χ2v) is 4.52. The molecule has 0 unspecified atom stereocenters. The van der Waals surface area contributed by atoms with Gasteiger partial charge in [0.2, 0.25) is 0 Å². The van der Waals surface area contributed by atoms with Crippen LogP contribution >= 0.6 is 0 Å². The molecule has 0 aliphatic rings. The molecule has 0 aliphatic carbocycles. The summed E-state index contributed by atoms with van der Waals surface area (Å²) in [6.07, 6.45) is 0. The van der Waals surface area contributed by atoms with Gasteiger partial charge < -0.3 is 10.9 Å². The quantitative estimate of drug-likeness (QED) is 0.367. The topological polar surface area (TPSA) is 82.4 Å². The van der Waals surface area contributed by atoms with Gasteiger partial charge in [-0.05, 0) is 49.2 Å². The fraction of sp³-hybridized carbons (Fsp3) is 0.125. The molecule has 3 N–H and O–H groups in total. The zero-order valence-electron chi connectivity index (χ0n) is 12.1. The Morgan fingerprint density at radius 2 is 1.64 bits per heavy atom. The second-order valence-electron chi connectivity index (χ2n) is 4.52. The number of rotatable bonds is 1. The highest BCUT2D eigenvalue weighted by atomic mass is 19.1. The number of hydrogen-bond acceptors (Lipinski definition) is 3. The number of oxime groups is 1. The minimum atomic E-state index is -0.401. The molecule has 0 fully saturated rings. The standard InChI is InChI=1S/C8H9FN2O.C8H6FN/c1-5-2-3-6(9)4-7(5)8(10)11-12;1-6-2-3-8(9)4-7(6)5-10/h2-4,12H,1H3,(H2,10,11);2-4H,1H3. The average Bonchev–Trinajstić information content (AvgIpc) is 2.52. The summed E-state index contributed by atoms with van der Waals surface area (Å²) in [5, 5.41) is 19.6. The average molecular weight is 303 g/mol. The zero-order chi connectivity index (χ0) is 16.7. The summed E-state index contributed by atoms with van der Waals surface area (Å²) in [5.41, 5.74) is 7.69. The molecule has 0 spiro atoms. The molecule has 0 bridgehead atoms. The lowest BCUT2D eigenvalue weighted by molar-refractivity contribution is 0.318. The number of nitriles is 1. The van der Waals surface area contributed by atoms with Gasteiger partial charge in [0.15, 0.2) is 5.84 Å². The predicted octanol–water partition coefficient (Wildman–Crippen LogP) is 3.23. The van der Waals surface area contributed by atoms with Gasteiger partial charge >= 0.3 is 0 Å². The van der Waals surface area contributed by atoms with E-state index in [0.717, 1.165) is 11.1 Å². The number of hydrogen-bond donors (Lipinski definition) is 2. The Balaban J connectivity index is 0.000000224. The third-order valence-corrected chi connectivity index (χ3v) is 2.90. The number of amidine groups is 1. The Kier molecular flexibility index (Phi) is 6.02. The number of benzene rings is 2. The highest BCUT2D eigenvalue weighted by molar-refractivity contribution is 5.98. The van der Waals surface area contributed by atoms with Gasteiger partial charge in [-0.2, -0.15) is 5.26 Å². The van der Waals surface area contributed by atoms with Crippen LogP contribution in [0.3, 0.4) is 0 Å². The van der Waals surface area contributed by atoms with Crippen LogP contribution in [0.15, 0.2) is 41.6 Å². The molecular formula is C16H15F2N3O. The van der Waals surface area contributed by atoms with Crippen molar-refractivity contribution in [3.63, 3.8) is 0 Å². The highest BCUT2D eigenvalue weighted by Crippen LogP contribution is 2.09. The summed E-state index contributed by atoms with van der Waals surface area (Å²) in [4.78, 5) is 0. The van der Waals surface area contributed by atoms with Crippen molar-refractivity contribution < 1.29 is 14.0 Å². The van der Waals surface area contributed by atoms with E-state index in [1.165, 1.54) is 24.3 Å². The number of nitrogens with two attached hydrogens (primary N) is 1. The van der Waals surface area contributed by atoms with Crippen molar-refractivity contribution in [2.24, 2.45) is 10.9 Å². The van der Waals surface area contributed by atoms with Gasteiger partial charge in [-0.15, -0.1) is 0 Å². The lowest BCUT2D eigenvalue weighted by atomic mass is 10.1. The predicted molar refractivity (Wildman–Crippen MR) is 79.5 cm³/mol. The van der Waals surface area contributed by atoms with Crippen molar-refractivity contribution >= 4 is 5.84 Å². The van der Waals surface area contributed by atoms with Gasteiger partial charge in [0.05, 0.1) is 11.6 Å². The fourth-order valence-corrected chi connectivity index (χ4v) is 1.64. The van der Waals surface area contributed by atoms with Crippen LogP contribution in [0.2, 0.25) is 0 Å². The summed E-state index contributed by atoms with van der Waals surface area (Å²) in [7, 11) is 0. The first-order valence-corrected chi connectivity index (χ1v) is 6.29. The Labute approximate surface area is 127 Å². The van der Waals surface area contributed by atoms with Gasteiger partial charge in [0.1, 0.15) is 11.6 Å². The molecule has 0 amide bonds. The number of halogens is 2.